The fourth-order valence-corrected chi connectivity index (χ4v) is 3.01. The SMILES string of the molecule is CC(=O)Nc1cc(NC(=O)C(C)Sc2nnnn2C2CC2)ccc1F. The van der Waals surface area contributed by atoms with Crippen LogP contribution in [0.25, 0.3) is 0 Å². The molecule has 1 aliphatic rings. The molecule has 1 atom stereocenters. The van der Waals surface area contributed by atoms with E-state index in [1.54, 1.807) is 11.6 Å². The van der Waals surface area contributed by atoms with Gasteiger partial charge in [0, 0.05) is 12.6 Å². The second kappa shape index (κ2) is 7.18. The first-order chi connectivity index (χ1) is 11.9. The molecular weight excluding hydrogens is 347 g/mol. The van der Waals surface area contributed by atoms with Crippen LogP contribution in [0.15, 0.2) is 23.4 Å². The van der Waals surface area contributed by atoms with Gasteiger partial charge >= 0.3 is 0 Å². The van der Waals surface area contributed by atoms with Gasteiger partial charge in [-0.15, -0.1) is 5.10 Å². The number of carbonyl (C=O) groups excluding carboxylic acids is 2. The number of tetrazole rings is 1. The first-order valence-electron chi connectivity index (χ1n) is 7.76. The van der Waals surface area contributed by atoms with Crippen LogP contribution < -0.4 is 10.6 Å². The van der Waals surface area contributed by atoms with Crippen molar-refractivity contribution in [1.82, 2.24) is 20.2 Å². The molecule has 8 nitrogen and oxygen atoms in total. The highest BCUT2D eigenvalue weighted by Crippen LogP contribution is 2.37. The van der Waals surface area contributed by atoms with Gasteiger partial charge in [-0.25, -0.2) is 9.07 Å². The minimum Gasteiger partial charge on any atom is -0.325 e. The fourth-order valence-electron chi connectivity index (χ4n) is 2.16. The number of thioether (sulfide) groups is 1. The lowest BCUT2D eigenvalue weighted by molar-refractivity contribution is -0.115. The van der Waals surface area contributed by atoms with Gasteiger partial charge in [0.2, 0.25) is 17.0 Å². The lowest BCUT2D eigenvalue weighted by Crippen LogP contribution is -2.23. The lowest BCUT2D eigenvalue weighted by Gasteiger charge is -2.13. The van der Waals surface area contributed by atoms with E-state index >= 15 is 0 Å². The second-order valence-corrected chi connectivity index (χ2v) is 7.07. The van der Waals surface area contributed by atoms with Gasteiger partial charge in [0.15, 0.2) is 0 Å². The molecule has 10 heteroatoms. The molecule has 1 aliphatic carbocycles. The summed E-state index contributed by atoms with van der Waals surface area (Å²) in [5.74, 6) is -1.23. The largest absolute Gasteiger partial charge is 0.325 e. The van der Waals surface area contributed by atoms with Gasteiger partial charge in [0.05, 0.1) is 17.0 Å². The number of benzene rings is 1. The van der Waals surface area contributed by atoms with Crippen molar-refractivity contribution in [3.63, 3.8) is 0 Å². The molecule has 1 aromatic heterocycles. The van der Waals surface area contributed by atoms with Crippen LogP contribution in [0.5, 0.6) is 0 Å². The van der Waals surface area contributed by atoms with Crippen molar-refractivity contribution in [2.24, 2.45) is 0 Å². The van der Waals surface area contributed by atoms with Gasteiger partial charge in [0.25, 0.3) is 0 Å². The fraction of sp³-hybridized carbons (Fsp3) is 0.400. The number of nitrogens with one attached hydrogen (secondary N) is 2. The summed E-state index contributed by atoms with van der Waals surface area (Å²) in [6, 6.07) is 4.32. The van der Waals surface area contributed by atoms with Crippen LogP contribution in [0, 0.1) is 5.82 Å². The van der Waals surface area contributed by atoms with Gasteiger partial charge in [-0.05, 0) is 48.4 Å². The molecule has 2 aromatic rings. The van der Waals surface area contributed by atoms with Crippen molar-refractivity contribution >= 4 is 35.0 Å². The van der Waals surface area contributed by atoms with Crippen molar-refractivity contribution in [2.45, 2.75) is 43.1 Å². The number of aromatic nitrogens is 4. The summed E-state index contributed by atoms with van der Waals surface area (Å²) in [7, 11) is 0. The van der Waals surface area contributed by atoms with E-state index in [9.17, 15) is 14.0 Å². The highest BCUT2D eigenvalue weighted by atomic mass is 32.2. The van der Waals surface area contributed by atoms with Gasteiger partial charge < -0.3 is 10.6 Å². The molecule has 3 rings (SSSR count). The van der Waals surface area contributed by atoms with Crippen LogP contribution in [-0.2, 0) is 9.59 Å². The topological polar surface area (TPSA) is 102 Å². The van der Waals surface area contributed by atoms with Crippen LogP contribution >= 0.6 is 11.8 Å². The number of carbonyl (C=O) groups is 2. The zero-order valence-corrected chi connectivity index (χ0v) is 14.5. The highest BCUT2D eigenvalue weighted by Gasteiger charge is 2.29. The summed E-state index contributed by atoms with van der Waals surface area (Å²) in [5, 5.41) is 16.8. The number of hydrogen-bond acceptors (Lipinski definition) is 6. The van der Waals surface area contributed by atoms with Crippen LogP contribution in [0.1, 0.15) is 32.7 Å². The summed E-state index contributed by atoms with van der Waals surface area (Å²) in [5.41, 5.74) is 0.410. The highest BCUT2D eigenvalue weighted by molar-refractivity contribution is 8.00. The normalized spacial score (nSPS) is 14.8. The molecule has 0 bridgehead atoms. The van der Waals surface area contributed by atoms with Crippen molar-refractivity contribution in [2.75, 3.05) is 10.6 Å². The third-order valence-electron chi connectivity index (χ3n) is 3.55. The van der Waals surface area contributed by atoms with Crippen molar-refractivity contribution < 1.29 is 14.0 Å². The molecule has 1 saturated carbocycles. The molecule has 2 amide bonds. The molecule has 0 spiro atoms. The van der Waals surface area contributed by atoms with Gasteiger partial charge in [-0.1, -0.05) is 11.8 Å². The Morgan fingerprint density at radius 1 is 1.36 bits per heavy atom. The molecule has 1 unspecified atom stereocenters. The minimum absolute atomic E-state index is 0.0169. The summed E-state index contributed by atoms with van der Waals surface area (Å²) in [6.45, 7) is 3.03. The maximum Gasteiger partial charge on any atom is 0.237 e. The van der Waals surface area contributed by atoms with Crippen LogP contribution in [0.4, 0.5) is 15.8 Å². The Morgan fingerprint density at radius 3 is 2.80 bits per heavy atom. The zero-order valence-electron chi connectivity index (χ0n) is 13.7. The summed E-state index contributed by atoms with van der Waals surface area (Å²) < 4.78 is 15.4. The summed E-state index contributed by atoms with van der Waals surface area (Å²) >= 11 is 1.26. The Hall–Kier alpha value is -2.49. The van der Waals surface area contributed by atoms with E-state index in [0.717, 1.165) is 12.8 Å². The Kier molecular flexibility index (Phi) is 4.98. The second-order valence-electron chi connectivity index (χ2n) is 5.76. The first kappa shape index (κ1) is 17.3. The summed E-state index contributed by atoms with van der Waals surface area (Å²) in [6.07, 6.45) is 2.08. The smallest absolute Gasteiger partial charge is 0.237 e. The van der Waals surface area contributed by atoms with Crippen LogP contribution in [0.2, 0.25) is 0 Å². The van der Waals surface area contributed by atoms with Gasteiger partial charge in [-0.3, -0.25) is 9.59 Å². The average Bonchev–Trinajstić information content (AvgIpc) is 3.30. The quantitative estimate of drug-likeness (QED) is 0.762. The average molecular weight is 364 g/mol. The lowest BCUT2D eigenvalue weighted by atomic mass is 10.2. The molecular formula is C15H17FN6O2S. The van der Waals surface area contributed by atoms with Crippen molar-refractivity contribution in [1.29, 1.82) is 0 Å². The molecule has 1 aromatic carbocycles. The molecule has 132 valence electrons. The predicted octanol–water partition coefficient (Wildman–Crippen LogP) is 2.22. The van der Waals surface area contributed by atoms with E-state index in [2.05, 4.69) is 26.2 Å². The number of anilines is 2. The number of halogens is 1. The standard InChI is InChI=1S/C15H17FN6O2S/c1-8(25-15-19-20-21-22(15)11-4-5-11)14(24)18-10-3-6-12(16)13(7-10)17-9(2)23/h3,6-8,11H,4-5H2,1-2H3,(H,17,23)(H,18,24). The van der Waals surface area contributed by atoms with E-state index in [-0.39, 0.29) is 11.6 Å². The van der Waals surface area contributed by atoms with E-state index in [4.69, 9.17) is 0 Å². The number of rotatable bonds is 6. The van der Waals surface area contributed by atoms with Crippen molar-refractivity contribution in [3.05, 3.63) is 24.0 Å². The van der Waals surface area contributed by atoms with Gasteiger partial charge in [0.1, 0.15) is 5.82 Å². The molecule has 0 saturated heterocycles. The predicted molar refractivity (Wildman–Crippen MR) is 90.7 cm³/mol. The monoisotopic (exact) mass is 364 g/mol. The number of nitrogens with zero attached hydrogens (tertiary/aromatic N) is 4. The van der Waals surface area contributed by atoms with E-state index in [1.165, 1.54) is 36.9 Å². The maximum atomic E-state index is 13.6. The molecule has 0 radical (unpaired) electrons. The van der Waals surface area contributed by atoms with E-state index < -0.39 is 17.0 Å². The van der Waals surface area contributed by atoms with Gasteiger partial charge in [-0.2, -0.15) is 0 Å². The zero-order chi connectivity index (χ0) is 18.0. The Labute approximate surface area is 147 Å². The molecule has 1 fully saturated rings. The Morgan fingerprint density at radius 2 is 2.12 bits per heavy atom. The minimum atomic E-state index is -0.570. The molecule has 2 N–H and O–H groups in total. The molecule has 25 heavy (non-hydrogen) atoms. The summed E-state index contributed by atoms with van der Waals surface area (Å²) in [4.78, 5) is 23.5. The van der Waals surface area contributed by atoms with Crippen molar-refractivity contribution in [3.8, 4) is 0 Å². The maximum absolute atomic E-state index is 13.6. The third-order valence-corrected chi connectivity index (χ3v) is 4.60. The number of hydrogen-bond donors (Lipinski definition) is 2. The first-order valence-corrected chi connectivity index (χ1v) is 8.64. The van der Waals surface area contributed by atoms with E-state index in [0.29, 0.717) is 16.9 Å². The Bertz CT molecular complexity index is 807. The molecule has 0 aliphatic heterocycles. The van der Waals surface area contributed by atoms with Crippen LogP contribution in [-0.4, -0.2) is 37.3 Å². The van der Waals surface area contributed by atoms with E-state index in [1.807, 2.05) is 0 Å². The third kappa shape index (κ3) is 4.32. The van der Waals surface area contributed by atoms with Crippen LogP contribution in [0.3, 0.4) is 0 Å². The Balaban J connectivity index is 1.65. The number of amides is 2. The molecule has 1 heterocycles.